The predicted molar refractivity (Wildman–Crippen MR) is 95.8 cm³/mol. The first-order valence-electron chi connectivity index (χ1n) is 9.09. The van der Waals surface area contributed by atoms with Crippen molar-refractivity contribution in [1.29, 1.82) is 0 Å². The topological polar surface area (TPSA) is 67.9 Å². The molecule has 1 aliphatic heterocycles. The molecule has 1 aromatic rings. The van der Waals surface area contributed by atoms with Crippen molar-refractivity contribution in [3.05, 3.63) is 24.3 Å². The fourth-order valence-electron chi connectivity index (χ4n) is 2.77. The van der Waals surface area contributed by atoms with Crippen molar-refractivity contribution in [2.75, 3.05) is 32.8 Å². The fourth-order valence-corrected chi connectivity index (χ4v) is 2.77. The van der Waals surface area contributed by atoms with E-state index in [4.69, 9.17) is 9.47 Å². The van der Waals surface area contributed by atoms with E-state index in [2.05, 4.69) is 5.32 Å². The third kappa shape index (κ3) is 7.03. The van der Waals surface area contributed by atoms with Crippen LogP contribution in [-0.2, 0) is 9.59 Å². The summed E-state index contributed by atoms with van der Waals surface area (Å²) >= 11 is 0. The first-order chi connectivity index (χ1) is 12.2. The SMILES string of the molecule is CCOc1ccc(OCC(=O)NCCCN2CCCCCC2=O)cc1. The van der Waals surface area contributed by atoms with E-state index in [1.165, 1.54) is 0 Å². The van der Waals surface area contributed by atoms with Crippen LogP contribution >= 0.6 is 0 Å². The maximum Gasteiger partial charge on any atom is 0.257 e. The van der Waals surface area contributed by atoms with Gasteiger partial charge in [0, 0.05) is 26.1 Å². The van der Waals surface area contributed by atoms with Crippen molar-refractivity contribution in [3.8, 4) is 11.5 Å². The lowest BCUT2D eigenvalue weighted by Gasteiger charge is -2.20. The molecule has 138 valence electrons. The lowest BCUT2D eigenvalue weighted by molar-refractivity contribution is -0.130. The zero-order chi connectivity index (χ0) is 17.9. The number of nitrogens with one attached hydrogen (secondary N) is 1. The van der Waals surface area contributed by atoms with E-state index in [1.807, 2.05) is 24.0 Å². The highest BCUT2D eigenvalue weighted by molar-refractivity contribution is 5.77. The van der Waals surface area contributed by atoms with Gasteiger partial charge in [-0.1, -0.05) is 6.42 Å². The Hall–Kier alpha value is -2.24. The van der Waals surface area contributed by atoms with Crippen LogP contribution in [0.3, 0.4) is 0 Å². The Morgan fingerprint density at radius 2 is 1.84 bits per heavy atom. The van der Waals surface area contributed by atoms with E-state index in [9.17, 15) is 9.59 Å². The zero-order valence-electron chi connectivity index (χ0n) is 15.0. The molecule has 0 saturated carbocycles. The minimum Gasteiger partial charge on any atom is -0.494 e. The molecule has 2 amide bonds. The highest BCUT2D eigenvalue weighted by Gasteiger charge is 2.15. The molecule has 0 unspecified atom stereocenters. The van der Waals surface area contributed by atoms with Crippen LogP contribution < -0.4 is 14.8 Å². The highest BCUT2D eigenvalue weighted by Crippen LogP contribution is 2.17. The van der Waals surface area contributed by atoms with Crippen molar-refractivity contribution in [3.63, 3.8) is 0 Å². The van der Waals surface area contributed by atoms with Crippen LogP contribution in [0.4, 0.5) is 0 Å². The van der Waals surface area contributed by atoms with Gasteiger partial charge < -0.3 is 19.7 Å². The number of rotatable bonds is 9. The second-order valence-corrected chi connectivity index (χ2v) is 6.09. The first-order valence-corrected chi connectivity index (χ1v) is 9.09. The van der Waals surface area contributed by atoms with E-state index in [0.717, 1.165) is 38.0 Å². The van der Waals surface area contributed by atoms with E-state index >= 15 is 0 Å². The van der Waals surface area contributed by atoms with Gasteiger partial charge in [-0.15, -0.1) is 0 Å². The smallest absolute Gasteiger partial charge is 0.257 e. The minimum atomic E-state index is -0.156. The van der Waals surface area contributed by atoms with Gasteiger partial charge in [0.1, 0.15) is 11.5 Å². The summed E-state index contributed by atoms with van der Waals surface area (Å²) in [6.07, 6.45) is 4.62. The summed E-state index contributed by atoms with van der Waals surface area (Å²) < 4.78 is 10.8. The number of nitrogens with zero attached hydrogens (tertiary/aromatic N) is 1. The summed E-state index contributed by atoms with van der Waals surface area (Å²) in [7, 11) is 0. The average Bonchev–Trinajstić information content (AvgIpc) is 2.83. The van der Waals surface area contributed by atoms with Crippen molar-refractivity contribution in [2.45, 2.75) is 39.0 Å². The predicted octanol–water partition coefficient (Wildman–Crippen LogP) is 2.37. The summed E-state index contributed by atoms with van der Waals surface area (Å²) in [6.45, 7) is 4.63. The van der Waals surface area contributed by atoms with Crippen molar-refractivity contribution in [1.82, 2.24) is 10.2 Å². The molecule has 1 heterocycles. The Morgan fingerprint density at radius 3 is 2.56 bits per heavy atom. The minimum absolute atomic E-state index is 0.0172. The quantitative estimate of drug-likeness (QED) is 0.696. The normalized spacial score (nSPS) is 14.8. The van der Waals surface area contributed by atoms with Gasteiger partial charge in [0.2, 0.25) is 5.91 Å². The molecule has 6 nitrogen and oxygen atoms in total. The van der Waals surface area contributed by atoms with Gasteiger partial charge in [-0.25, -0.2) is 0 Å². The fraction of sp³-hybridized carbons (Fsp3) is 0.579. The molecule has 0 aliphatic carbocycles. The number of amides is 2. The molecule has 1 N–H and O–H groups in total. The number of benzene rings is 1. The number of ether oxygens (including phenoxy) is 2. The third-order valence-electron chi connectivity index (χ3n) is 4.10. The van der Waals surface area contributed by atoms with Gasteiger partial charge in [-0.2, -0.15) is 0 Å². The second-order valence-electron chi connectivity index (χ2n) is 6.09. The molecule has 0 aromatic heterocycles. The molecule has 2 rings (SSSR count). The van der Waals surface area contributed by atoms with Gasteiger partial charge in [0.15, 0.2) is 6.61 Å². The number of likely N-dealkylation sites (tertiary alicyclic amines) is 1. The summed E-state index contributed by atoms with van der Waals surface area (Å²) in [4.78, 5) is 25.6. The summed E-state index contributed by atoms with van der Waals surface area (Å²) in [5.41, 5.74) is 0. The number of hydrogen-bond donors (Lipinski definition) is 1. The zero-order valence-corrected chi connectivity index (χ0v) is 15.0. The van der Waals surface area contributed by atoms with Gasteiger partial charge in [0.05, 0.1) is 6.61 Å². The summed E-state index contributed by atoms with van der Waals surface area (Å²) in [6, 6.07) is 7.19. The Bertz CT molecular complexity index is 545. The van der Waals surface area contributed by atoms with Gasteiger partial charge in [-0.3, -0.25) is 9.59 Å². The Kier molecular flexibility index (Phi) is 8.09. The van der Waals surface area contributed by atoms with Crippen molar-refractivity contribution in [2.24, 2.45) is 0 Å². The summed E-state index contributed by atoms with van der Waals surface area (Å²) in [5, 5.41) is 2.83. The van der Waals surface area contributed by atoms with Crippen LogP contribution in [0.2, 0.25) is 0 Å². The second kappa shape index (κ2) is 10.6. The molecule has 0 spiro atoms. The van der Waals surface area contributed by atoms with Gasteiger partial charge in [0.25, 0.3) is 5.91 Å². The number of carbonyl (C=O) groups is 2. The largest absolute Gasteiger partial charge is 0.494 e. The first kappa shape index (κ1) is 19.1. The van der Waals surface area contributed by atoms with Gasteiger partial charge >= 0.3 is 0 Å². The lowest BCUT2D eigenvalue weighted by atomic mass is 10.2. The molecule has 1 saturated heterocycles. The lowest BCUT2D eigenvalue weighted by Crippen LogP contribution is -2.35. The van der Waals surface area contributed by atoms with Crippen LogP contribution in [0, 0.1) is 0 Å². The highest BCUT2D eigenvalue weighted by atomic mass is 16.5. The third-order valence-corrected chi connectivity index (χ3v) is 4.10. The molecular formula is C19H28N2O4. The molecular weight excluding hydrogens is 320 g/mol. The van der Waals surface area contributed by atoms with Crippen LogP contribution in [0.1, 0.15) is 39.0 Å². The maximum atomic E-state index is 11.9. The van der Waals surface area contributed by atoms with E-state index < -0.39 is 0 Å². The summed E-state index contributed by atoms with van der Waals surface area (Å²) in [5.74, 6) is 1.50. The van der Waals surface area contributed by atoms with E-state index in [0.29, 0.717) is 31.9 Å². The number of hydrogen-bond acceptors (Lipinski definition) is 4. The van der Waals surface area contributed by atoms with Crippen LogP contribution in [0.25, 0.3) is 0 Å². The maximum absolute atomic E-state index is 11.9. The molecule has 0 radical (unpaired) electrons. The number of carbonyl (C=O) groups excluding carboxylic acids is 2. The molecule has 1 fully saturated rings. The van der Waals surface area contributed by atoms with Crippen molar-refractivity contribution >= 4 is 11.8 Å². The molecule has 1 aromatic carbocycles. The van der Waals surface area contributed by atoms with E-state index in [-0.39, 0.29) is 18.4 Å². The Balaban J connectivity index is 1.59. The molecule has 0 bridgehead atoms. The average molecular weight is 348 g/mol. The molecule has 0 atom stereocenters. The Labute approximate surface area is 149 Å². The standard InChI is InChI=1S/C19H28N2O4/c1-2-24-16-8-10-17(11-9-16)25-15-18(22)20-12-6-14-21-13-5-3-4-7-19(21)23/h8-11H,2-7,12-15H2,1H3,(H,20,22). The Morgan fingerprint density at radius 1 is 1.12 bits per heavy atom. The van der Waals surface area contributed by atoms with E-state index in [1.54, 1.807) is 12.1 Å². The van der Waals surface area contributed by atoms with Crippen LogP contribution in [0.5, 0.6) is 11.5 Å². The van der Waals surface area contributed by atoms with Gasteiger partial charge in [-0.05, 0) is 50.5 Å². The molecule has 25 heavy (non-hydrogen) atoms. The van der Waals surface area contributed by atoms with Crippen molar-refractivity contribution < 1.29 is 19.1 Å². The van der Waals surface area contributed by atoms with Crippen LogP contribution in [0.15, 0.2) is 24.3 Å². The monoisotopic (exact) mass is 348 g/mol. The molecule has 6 heteroatoms. The molecule has 1 aliphatic rings. The van der Waals surface area contributed by atoms with Crippen LogP contribution in [-0.4, -0.2) is 49.6 Å².